The van der Waals surface area contributed by atoms with Crippen molar-refractivity contribution in [2.75, 3.05) is 24.2 Å². The minimum atomic E-state index is 0.0719. The molecular formula is C15H22N2OS. The first kappa shape index (κ1) is 15.9. The van der Waals surface area contributed by atoms with Crippen molar-refractivity contribution in [1.82, 2.24) is 0 Å². The third kappa shape index (κ3) is 6.51. The predicted molar refractivity (Wildman–Crippen MR) is 81.4 cm³/mol. The molecule has 0 aliphatic rings. The van der Waals surface area contributed by atoms with Gasteiger partial charge in [0.25, 0.3) is 0 Å². The van der Waals surface area contributed by atoms with Crippen LogP contribution >= 0.6 is 11.8 Å². The summed E-state index contributed by atoms with van der Waals surface area (Å²) in [7, 11) is 0. The van der Waals surface area contributed by atoms with Gasteiger partial charge in [-0.1, -0.05) is 12.1 Å². The highest BCUT2D eigenvalue weighted by molar-refractivity contribution is 7.99. The van der Waals surface area contributed by atoms with Gasteiger partial charge in [-0.3, -0.25) is 0 Å². The minimum absolute atomic E-state index is 0.0719. The van der Waals surface area contributed by atoms with E-state index in [1.165, 1.54) is 4.90 Å². The molecule has 1 rings (SSSR count). The van der Waals surface area contributed by atoms with Gasteiger partial charge in [-0.05, 0) is 38.3 Å². The Balaban J connectivity index is 2.42. The van der Waals surface area contributed by atoms with Gasteiger partial charge in [0.2, 0.25) is 0 Å². The lowest BCUT2D eigenvalue weighted by Crippen LogP contribution is -2.03. The topological polar surface area (TPSA) is 56.0 Å². The van der Waals surface area contributed by atoms with E-state index in [2.05, 4.69) is 23.5 Å². The Bertz CT molecular complexity index is 403. The van der Waals surface area contributed by atoms with Crippen LogP contribution in [0.25, 0.3) is 0 Å². The van der Waals surface area contributed by atoms with Gasteiger partial charge >= 0.3 is 0 Å². The molecule has 0 spiro atoms. The first-order valence-electron chi connectivity index (χ1n) is 6.74. The molecule has 104 valence electrons. The summed E-state index contributed by atoms with van der Waals surface area (Å²) in [6.45, 7) is 3.14. The van der Waals surface area contributed by atoms with E-state index < -0.39 is 0 Å². The molecule has 19 heavy (non-hydrogen) atoms. The standard InChI is InChI=1S/C15H22N2OS/c1-13(11-16)12-19-15-8-4-3-7-14(15)17-9-5-2-6-10-18/h3-4,7-8,13,17-18H,2,5-6,9-10,12H2,1H3. The SMILES string of the molecule is CC(C#N)CSc1ccccc1NCCCCCO. The molecule has 0 saturated heterocycles. The Morgan fingerprint density at radius 1 is 1.32 bits per heavy atom. The maximum absolute atomic E-state index is 8.81. The van der Waals surface area contributed by atoms with Gasteiger partial charge < -0.3 is 10.4 Å². The zero-order valence-electron chi connectivity index (χ0n) is 11.4. The van der Waals surface area contributed by atoms with Gasteiger partial charge in [0.05, 0.1) is 12.0 Å². The summed E-state index contributed by atoms with van der Waals surface area (Å²) in [4.78, 5) is 1.20. The number of thioether (sulfide) groups is 1. The van der Waals surface area contributed by atoms with Crippen LogP contribution in [0.4, 0.5) is 5.69 Å². The third-order valence-corrected chi connectivity index (χ3v) is 4.08. The molecule has 1 unspecified atom stereocenters. The summed E-state index contributed by atoms with van der Waals surface area (Å²) in [5, 5.41) is 21.0. The van der Waals surface area contributed by atoms with Crippen LogP contribution in [0, 0.1) is 17.2 Å². The number of para-hydroxylation sites is 1. The Kier molecular flexibility index (Phi) is 8.11. The molecule has 0 saturated carbocycles. The average molecular weight is 278 g/mol. The molecule has 0 bridgehead atoms. The van der Waals surface area contributed by atoms with Crippen LogP contribution in [-0.2, 0) is 0 Å². The number of nitrogens with one attached hydrogen (secondary N) is 1. The molecule has 1 atom stereocenters. The largest absolute Gasteiger partial charge is 0.396 e. The second-order valence-corrected chi connectivity index (χ2v) is 5.61. The summed E-state index contributed by atoms with van der Waals surface area (Å²) in [6.07, 6.45) is 2.98. The summed E-state index contributed by atoms with van der Waals surface area (Å²) in [5.41, 5.74) is 1.14. The maximum atomic E-state index is 8.81. The molecule has 1 aromatic carbocycles. The summed E-state index contributed by atoms with van der Waals surface area (Å²) < 4.78 is 0. The number of nitrogens with zero attached hydrogens (tertiary/aromatic N) is 1. The van der Waals surface area contributed by atoms with Crippen LogP contribution in [0.3, 0.4) is 0 Å². The Labute approximate surface area is 120 Å². The zero-order chi connectivity index (χ0) is 13.9. The van der Waals surface area contributed by atoms with Gasteiger partial charge in [0, 0.05) is 29.5 Å². The minimum Gasteiger partial charge on any atom is -0.396 e. The van der Waals surface area contributed by atoms with Crippen LogP contribution in [-0.4, -0.2) is 24.0 Å². The van der Waals surface area contributed by atoms with Crippen molar-refractivity contribution in [3.8, 4) is 6.07 Å². The normalized spacial score (nSPS) is 11.8. The van der Waals surface area contributed by atoms with Crippen molar-refractivity contribution in [2.45, 2.75) is 31.1 Å². The van der Waals surface area contributed by atoms with Crippen LogP contribution in [0.5, 0.6) is 0 Å². The van der Waals surface area contributed by atoms with E-state index in [0.29, 0.717) is 0 Å². The lowest BCUT2D eigenvalue weighted by Gasteiger charge is -2.12. The van der Waals surface area contributed by atoms with Gasteiger partial charge in [0.1, 0.15) is 0 Å². The molecule has 0 aliphatic heterocycles. The summed E-state index contributed by atoms with van der Waals surface area (Å²) in [5.74, 6) is 0.891. The van der Waals surface area contributed by atoms with E-state index in [0.717, 1.165) is 37.2 Å². The van der Waals surface area contributed by atoms with Crippen molar-refractivity contribution >= 4 is 17.4 Å². The molecule has 0 radical (unpaired) electrons. The molecular weight excluding hydrogens is 256 g/mol. The maximum Gasteiger partial charge on any atom is 0.0661 e. The van der Waals surface area contributed by atoms with Crippen LogP contribution in [0.15, 0.2) is 29.2 Å². The van der Waals surface area contributed by atoms with Crippen LogP contribution in [0.2, 0.25) is 0 Å². The van der Waals surface area contributed by atoms with Gasteiger partial charge in [-0.15, -0.1) is 11.8 Å². The first-order chi connectivity index (χ1) is 9.27. The highest BCUT2D eigenvalue weighted by atomic mass is 32.2. The fourth-order valence-corrected chi connectivity index (χ4v) is 2.60. The van der Waals surface area contributed by atoms with Crippen molar-refractivity contribution in [2.24, 2.45) is 5.92 Å². The number of hydrogen-bond acceptors (Lipinski definition) is 4. The fraction of sp³-hybridized carbons (Fsp3) is 0.533. The predicted octanol–water partition coefficient (Wildman–Crippen LogP) is 3.51. The molecule has 0 fully saturated rings. The highest BCUT2D eigenvalue weighted by Crippen LogP contribution is 2.28. The van der Waals surface area contributed by atoms with Gasteiger partial charge in [0.15, 0.2) is 0 Å². The third-order valence-electron chi connectivity index (χ3n) is 2.75. The molecule has 2 N–H and O–H groups in total. The lowest BCUT2D eigenvalue weighted by molar-refractivity contribution is 0.283. The summed E-state index contributed by atoms with van der Waals surface area (Å²) >= 11 is 1.72. The van der Waals surface area contributed by atoms with E-state index in [1.807, 2.05) is 19.1 Å². The number of benzene rings is 1. The van der Waals surface area contributed by atoms with Gasteiger partial charge in [-0.25, -0.2) is 0 Å². The Morgan fingerprint density at radius 2 is 2.11 bits per heavy atom. The number of rotatable bonds is 9. The molecule has 4 heteroatoms. The van der Waals surface area contributed by atoms with Crippen LogP contribution in [0.1, 0.15) is 26.2 Å². The zero-order valence-corrected chi connectivity index (χ0v) is 12.2. The number of aliphatic hydroxyl groups is 1. The Hall–Kier alpha value is -1.18. The monoisotopic (exact) mass is 278 g/mol. The molecule has 0 aliphatic carbocycles. The first-order valence-corrected chi connectivity index (χ1v) is 7.72. The highest BCUT2D eigenvalue weighted by Gasteiger charge is 2.05. The number of unbranched alkanes of at least 4 members (excludes halogenated alkanes) is 2. The quantitative estimate of drug-likeness (QED) is 0.536. The lowest BCUT2D eigenvalue weighted by atomic mass is 10.2. The fourth-order valence-electron chi connectivity index (χ4n) is 1.63. The molecule has 3 nitrogen and oxygen atoms in total. The number of anilines is 1. The molecule has 0 amide bonds. The Morgan fingerprint density at radius 3 is 2.84 bits per heavy atom. The number of nitriles is 1. The van der Waals surface area contributed by atoms with Crippen molar-refractivity contribution in [3.05, 3.63) is 24.3 Å². The van der Waals surface area contributed by atoms with E-state index in [9.17, 15) is 0 Å². The van der Waals surface area contributed by atoms with Crippen LogP contribution < -0.4 is 5.32 Å². The molecule has 0 heterocycles. The van der Waals surface area contributed by atoms with Crippen molar-refractivity contribution in [3.63, 3.8) is 0 Å². The average Bonchev–Trinajstić information content (AvgIpc) is 2.45. The van der Waals surface area contributed by atoms with E-state index in [4.69, 9.17) is 10.4 Å². The number of hydrogen-bond donors (Lipinski definition) is 2. The summed E-state index contributed by atoms with van der Waals surface area (Å²) in [6, 6.07) is 10.5. The van der Waals surface area contributed by atoms with Crippen molar-refractivity contribution in [1.29, 1.82) is 5.26 Å². The van der Waals surface area contributed by atoms with Crippen molar-refractivity contribution < 1.29 is 5.11 Å². The number of aliphatic hydroxyl groups excluding tert-OH is 1. The van der Waals surface area contributed by atoms with Gasteiger partial charge in [-0.2, -0.15) is 5.26 Å². The molecule has 0 aromatic heterocycles. The smallest absolute Gasteiger partial charge is 0.0661 e. The second-order valence-electron chi connectivity index (χ2n) is 4.55. The second kappa shape index (κ2) is 9.71. The molecule has 1 aromatic rings. The van der Waals surface area contributed by atoms with E-state index >= 15 is 0 Å². The van der Waals surface area contributed by atoms with E-state index in [-0.39, 0.29) is 12.5 Å². The van der Waals surface area contributed by atoms with E-state index in [1.54, 1.807) is 11.8 Å².